The molecule has 1 saturated heterocycles. The third-order valence-corrected chi connectivity index (χ3v) is 6.84. The molecule has 1 aliphatic rings. The van der Waals surface area contributed by atoms with E-state index in [0.29, 0.717) is 6.42 Å². The number of esters is 1. The highest BCUT2D eigenvalue weighted by Crippen LogP contribution is 2.23. The maximum Gasteiger partial charge on any atom is 0.309 e. The van der Waals surface area contributed by atoms with Gasteiger partial charge in [-0.2, -0.15) is 4.31 Å². The predicted molar refractivity (Wildman–Crippen MR) is 107 cm³/mol. The highest BCUT2D eigenvalue weighted by atomic mass is 32.2. The summed E-state index contributed by atoms with van der Waals surface area (Å²) in [7, 11) is -3.43. The molecule has 1 rings (SSSR count). The van der Waals surface area contributed by atoms with Gasteiger partial charge in [0.05, 0.1) is 18.3 Å². The van der Waals surface area contributed by atoms with Crippen LogP contribution in [0.25, 0.3) is 0 Å². The van der Waals surface area contributed by atoms with Crippen molar-refractivity contribution < 1.29 is 22.7 Å². The van der Waals surface area contributed by atoms with Crippen LogP contribution in [0.15, 0.2) is 0 Å². The van der Waals surface area contributed by atoms with Crippen molar-refractivity contribution in [1.82, 2.24) is 9.62 Å². The number of rotatable bonds is 11. The lowest BCUT2D eigenvalue weighted by Crippen LogP contribution is -2.51. The molecule has 7 nitrogen and oxygen atoms in total. The predicted octanol–water partition coefficient (Wildman–Crippen LogP) is 2.16. The first kappa shape index (κ1) is 24.3. The molecule has 27 heavy (non-hydrogen) atoms. The second kappa shape index (κ2) is 10.7. The normalized spacial score (nSPS) is 19.1. The van der Waals surface area contributed by atoms with E-state index in [-0.39, 0.29) is 31.1 Å². The van der Waals surface area contributed by atoms with Crippen molar-refractivity contribution in [2.24, 2.45) is 5.92 Å². The lowest BCUT2D eigenvalue weighted by Gasteiger charge is -2.38. The number of nitrogens with zero attached hydrogens (tertiary/aromatic N) is 1. The average Bonchev–Trinajstić information content (AvgIpc) is 2.62. The van der Waals surface area contributed by atoms with Crippen LogP contribution in [0.3, 0.4) is 0 Å². The Hall–Kier alpha value is -0.700. The van der Waals surface area contributed by atoms with Crippen molar-refractivity contribution in [3.05, 3.63) is 0 Å². The Balaban J connectivity index is 2.83. The molecule has 0 aliphatic carbocycles. The molecule has 0 saturated carbocycles. The molecule has 1 N–H and O–H groups in total. The third-order valence-electron chi connectivity index (χ3n) is 5.39. The van der Waals surface area contributed by atoms with E-state index in [9.17, 15) is 13.2 Å². The maximum absolute atomic E-state index is 12.4. The fraction of sp³-hybridized carbons (Fsp3) is 0.947. The van der Waals surface area contributed by atoms with Crippen molar-refractivity contribution in [3.63, 3.8) is 0 Å². The number of carbonyl (C=O) groups excluding carboxylic acids is 1. The largest absolute Gasteiger partial charge is 0.463 e. The minimum Gasteiger partial charge on any atom is -0.463 e. The molecule has 0 aromatic carbocycles. The molecule has 0 amide bonds. The highest BCUT2D eigenvalue weighted by molar-refractivity contribution is 7.88. The molecule has 0 unspecified atom stereocenters. The fourth-order valence-corrected chi connectivity index (χ4v) is 4.57. The molecule has 0 bridgehead atoms. The first-order valence-corrected chi connectivity index (χ1v) is 11.9. The van der Waals surface area contributed by atoms with Crippen LogP contribution < -0.4 is 5.32 Å². The summed E-state index contributed by atoms with van der Waals surface area (Å²) in [6.07, 6.45) is 3.69. The third kappa shape index (κ3) is 8.05. The summed E-state index contributed by atoms with van der Waals surface area (Å²) in [5.41, 5.74) is -0.538. The molecular weight excluding hydrogens is 368 g/mol. The van der Waals surface area contributed by atoms with E-state index in [1.54, 1.807) is 0 Å². The fourth-order valence-electron chi connectivity index (χ4n) is 3.10. The zero-order valence-electron chi connectivity index (χ0n) is 17.8. The molecule has 1 heterocycles. The van der Waals surface area contributed by atoms with Crippen LogP contribution >= 0.6 is 0 Å². The smallest absolute Gasteiger partial charge is 0.309 e. The van der Waals surface area contributed by atoms with Crippen LogP contribution in [0.5, 0.6) is 0 Å². The Morgan fingerprint density at radius 2 is 1.85 bits per heavy atom. The maximum atomic E-state index is 12.4. The summed E-state index contributed by atoms with van der Waals surface area (Å²) < 4.78 is 37.7. The van der Waals surface area contributed by atoms with Crippen LogP contribution in [-0.2, 0) is 24.3 Å². The minimum atomic E-state index is -3.43. The van der Waals surface area contributed by atoms with Crippen LogP contribution in [0.1, 0.15) is 60.3 Å². The molecule has 0 spiro atoms. The van der Waals surface area contributed by atoms with Crippen LogP contribution in [0.2, 0.25) is 0 Å². The average molecular weight is 407 g/mol. The molecule has 160 valence electrons. The van der Waals surface area contributed by atoms with E-state index < -0.39 is 21.7 Å². The van der Waals surface area contributed by atoms with Crippen molar-refractivity contribution in [1.29, 1.82) is 0 Å². The Morgan fingerprint density at radius 1 is 1.26 bits per heavy atom. The zero-order valence-corrected chi connectivity index (χ0v) is 18.6. The highest BCUT2D eigenvalue weighted by Gasteiger charge is 2.35. The first-order chi connectivity index (χ1) is 12.5. The summed E-state index contributed by atoms with van der Waals surface area (Å²) in [5.74, 6) is -0.302. The van der Waals surface area contributed by atoms with Crippen molar-refractivity contribution in [2.45, 2.75) is 78.0 Å². The van der Waals surface area contributed by atoms with E-state index >= 15 is 0 Å². The number of piperidine rings is 1. The Labute approximate surface area is 165 Å². The summed E-state index contributed by atoms with van der Waals surface area (Å²) in [5, 5.41) is 3.23. The van der Waals surface area contributed by atoms with E-state index in [4.69, 9.17) is 9.47 Å². The number of sulfonamides is 1. The van der Waals surface area contributed by atoms with Gasteiger partial charge in [0, 0.05) is 12.1 Å². The second-order valence-electron chi connectivity index (χ2n) is 8.09. The van der Waals surface area contributed by atoms with Crippen molar-refractivity contribution in [3.8, 4) is 0 Å². The second-order valence-corrected chi connectivity index (χ2v) is 10.00. The van der Waals surface area contributed by atoms with Crippen LogP contribution in [0, 0.1) is 5.92 Å². The SMILES string of the molecule is CC[C@H](C)O[C@H](COC(=O)C1CCNCC1)CN(C(C)(C)CC)S(C)(=O)=O. The summed E-state index contributed by atoms with van der Waals surface area (Å²) in [4.78, 5) is 12.4. The van der Waals surface area contributed by atoms with E-state index in [2.05, 4.69) is 5.32 Å². The molecule has 1 fully saturated rings. The van der Waals surface area contributed by atoms with Gasteiger partial charge in [0.15, 0.2) is 0 Å². The lowest BCUT2D eigenvalue weighted by atomic mass is 9.98. The van der Waals surface area contributed by atoms with Gasteiger partial charge in [-0.1, -0.05) is 13.8 Å². The Morgan fingerprint density at radius 3 is 2.33 bits per heavy atom. The first-order valence-electron chi connectivity index (χ1n) is 10.0. The van der Waals surface area contributed by atoms with Gasteiger partial charge < -0.3 is 14.8 Å². The molecule has 0 radical (unpaired) electrons. The van der Waals surface area contributed by atoms with E-state index in [1.165, 1.54) is 10.6 Å². The number of nitrogens with one attached hydrogen (secondary N) is 1. The van der Waals surface area contributed by atoms with Crippen molar-refractivity contribution in [2.75, 3.05) is 32.5 Å². The lowest BCUT2D eigenvalue weighted by molar-refractivity contribution is -0.155. The van der Waals surface area contributed by atoms with Gasteiger partial charge in [-0.3, -0.25) is 4.79 Å². The molecule has 0 aromatic rings. The van der Waals surface area contributed by atoms with E-state index in [0.717, 1.165) is 32.4 Å². The minimum absolute atomic E-state index is 0.0428. The number of carbonyl (C=O) groups is 1. The van der Waals surface area contributed by atoms with Gasteiger partial charge in [-0.05, 0) is 59.5 Å². The molecule has 0 aromatic heterocycles. The van der Waals surface area contributed by atoms with Gasteiger partial charge in [-0.25, -0.2) is 8.42 Å². The number of hydrogen-bond donors (Lipinski definition) is 1. The van der Waals surface area contributed by atoms with E-state index in [1.807, 2.05) is 34.6 Å². The van der Waals surface area contributed by atoms with Gasteiger partial charge >= 0.3 is 5.97 Å². The Kier molecular flexibility index (Phi) is 9.68. The Bertz CT molecular complexity index is 558. The monoisotopic (exact) mass is 406 g/mol. The quantitative estimate of drug-likeness (QED) is 0.529. The topological polar surface area (TPSA) is 84.9 Å². The van der Waals surface area contributed by atoms with Gasteiger partial charge in [-0.15, -0.1) is 0 Å². The zero-order chi connectivity index (χ0) is 20.7. The number of hydrogen-bond acceptors (Lipinski definition) is 6. The molecule has 8 heteroatoms. The van der Waals surface area contributed by atoms with Gasteiger partial charge in [0.25, 0.3) is 0 Å². The van der Waals surface area contributed by atoms with Crippen LogP contribution in [0.4, 0.5) is 0 Å². The molecule has 2 atom stereocenters. The van der Waals surface area contributed by atoms with Gasteiger partial charge in [0.1, 0.15) is 12.7 Å². The number of ether oxygens (including phenoxy) is 2. The van der Waals surface area contributed by atoms with Crippen LogP contribution in [-0.4, -0.2) is 68.9 Å². The summed E-state index contributed by atoms with van der Waals surface area (Å²) >= 11 is 0. The van der Waals surface area contributed by atoms with Gasteiger partial charge in [0.2, 0.25) is 10.0 Å². The standard InChI is InChI=1S/C19H38N2O5S/c1-7-15(3)26-17(13-21(27(6,23)24)19(4,5)8-2)14-25-18(22)16-9-11-20-12-10-16/h15-17,20H,7-14H2,1-6H3/t15-,17-/m0/s1. The molecule has 1 aliphatic heterocycles. The summed E-state index contributed by atoms with van der Waals surface area (Å²) in [6.45, 7) is 11.6. The van der Waals surface area contributed by atoms with Crippen molar-refractivity contribution >= 4 is 16.0 Å². The summed E-state index contributed by atoms with van der Waals surface area (Å²) in [6, 6.07) is 0. The molecular formula is C19H38N2O5S.